The Bertz CT molecular complexity index is 1380. The maximum absolute atomic E-state index is 13.4. The molecular weight excluding hydrogens is 433 g/mol. The zero-order chi connectivity index (χ0) is 22.6. The minimum atomic E-state index is -3.73. The highest BCUT2D eigenvalue weighted by atomic mass is 32.2. The van der Waals surface area contributed by atoms with Crippen LogP contribution in [0, 0.1) is 12.7 Å². The van der Waals surface area contributed by atoms with Gasteiger partial charge in [-0.2, -0.15) is 4.31 Å². The molecule has 0 unspecified atom stereocenters. The number of aryl methyl sites for hydroxylation is 1. The molecule has 0 N–H and O–H groups in total. The van der Waals surface area contributed by atoms with Crippen LogP contribution in [0.1, 0.15) is 45.7 Å². The van der Waals surface area contributed by atoms with Crippen molar-refractivity contribution in [2.75, 3.05) is 18.0 Å². The molecule has 1 saturated heterocycles. The van der Waals surface area contributed by atoms with Crippen LogP contribution >= 0.6 is 0 Å². The Balaban J connectivity index is 1.67. The average molecular weight is 453 g/mol. The smallest absolute Gasteiger partial charge is 0.268 e. The quantitative estimate of drug-likeness (QED) is 0.565. The zero-order valence-corrected chi connectivity index (χ0v) is 18.2. The van der Waals surface area contributed by atoms with Gasteiger partial charge in [-0.25, -0.2) is 17.7 Å². The third-order valence-electron chi connectivity index (χ3n) is 6.01. The summed E-state index contributed by atoms with van der Waals surface area (Å²) in [5, 5.41) is 0.312. The number of imide groups is 1. The lowest BCUT2D eigenvalue weighted by Gasteiger charge is -2.26. The molecule has 0 spiro atoms. The SMILES string of the molecule is Cc1nc2ccc(S(=O)(=O)N3CCCCC3)cc2c2c1C(=O)N(c1ccc(F)cc1)C2=O. The Morgan fingerprint density at radius 1 is 0.906 bits per heavy atom. The second-order valence-corrected chi connectivity index (χ2v) is 9.95. The van der Waals surface area contributed by atoms with E-state index >= 15 is 0 Å². The summed E-state index contributed by atoms with van der Waals surface area (Å²) in [7, 11) is -3.73. The summed E-state index contributed by atoms with van der Waals surface area (Å²) in [4.78, 5) is 32.0. The number of anilines is 1. The van der Waals surface area contributed by atoms with E-state index in [1.165, 1.54) is 40.7 Å². The molecule has 164 valence electrons. The number of rotatable bonds is 3. The summed E-state index contributed by atoms with van der Waals surface area (Å²) in [5.41, 5.74) is 1.31. The third kappa shape index (κ3) is 3.11. The molecule has 7 nitrogen and oxygen atoms in total. The zero-order valence-electron chi connectivity index (χ0n) is 17.3. The predicted molar refractivity (Wildman–Crippen MR) is 117 cm³/mol. The maximum atomic E-state index is 13.4. The van der Waals surface area contributed by atoms with Gasteiger partial charge in [-0.1, -0.05) is 6.42 Å². The van der Waals surface area contributed by atoms with Crippen molar-refractivity contribution >= 4 is 38.4 Å². The van der Waals surface area contributed by atoms with Gasteiger partial charge in [0.05, 0.1) is 32.9 Å². The molecule has 0 bridgehead atoms. The summed E-state index contributed by atoms with van der Waals surface area (Å²) < 4.78 is 41.1. The molecule has 0 radical (unpaired) electrons. The van der Waals surface area contributed by atoms with E-state index in [1.807, 2.05) is 0 Å². The number of hydrogen-bond acceptors (Lipinski definition) is 5. The van der Waals surface area contributed by atoms with Crippen LogP contribution < -0.4 is 4.90 Å². The van der Waals surface area contributed by atoms with Gasteiger partial charge in [0.2, 0.25) is 10.0 Å². The van der Waals surface area contributed by atoms with Crippen LogP contribution in [0.25, 0.3) is 10.9 Å². The van der Waals surface area contributed by atoms with Crippen molar-refractivity contribution in [3.8, 4) is 0 Å². The predicted octanol–water partition coefficient (Wildman–Crippen LogP) is 3.66. The molecule has 2 aromatic carbocycles. The number of pyridine rings is 1. The lowest BCUT2D eigenvalue weighted by atomic mass is 10.0. The van der Waals surface area contributed by atoms with Crippen LogP contribution in [0.4, 0.5) is 10.1 Å². The lowest BCUT2D eigenvalue weighted by molar-refractivity contribution is 0.0926. The molecule has 1 aromatic heterocycles. The first-order chi connectivity index (χ1) is 15.3. The van der Waals surface area contributed by atoms with Gasteiger partial charge in [0, 0.05) is 18.5 Å². The first-order valence-corrected chi connectivity index (χ1v) is 11.8. The minimum absolute atomic E-state index is 0.0697. The van der Waals surface area contributed by atoms with Crippen molar-refractivity contribution in [3.05, 3.63) is 65.1 Å². The number of carbonyl (C=O) groups excluding carboxylic acids is 2. The Hall–Kier alpha value is -3.17. The molecule has 32 heavy (non-hydrogen) atoms. The average Bonchev–Trinajstić information content (AvgIpc) is 3.06. The van der Waals surface area contributed by atoms with Crippen molar-refractivity contribution in [1.82, 2.24) is 9.29 Å². The maximum Gasteiger partial charge on any atom is 0.268 e. The summed E-state index contributed by atoms with van der Waals surface area (Å²) in [6.45, 7) is 2.55. The number of sulfonamides is 1. The first-order valence-electron chi connectivity index (χ1n) is 10.4. The molecule has 2 aliphatic heterocycles. The molecule has 5 rings (SSSR count). The molecule has 0 saturated carbocycles. The van der Waals surface area contributed by atoms with Gasteiger partial charge in [0.15, 0.2) is 0 Å². The highest BCUT2D eigenvalue weighted by Gasteiger charge is 2.40. The van der Waals surface area contributed by atoms with Crippen molar-refractivity contribution in [2.45, 2.75) is 31.1 Å². The largest absolute Gasteiger partial charge is 0.268 e. The molecule has 9 heteroatoms. The lowest BCUT2D eigenvalue weighted by Crippen LogP contribution is -2.35. The highest BCUT2D eigenvalue weighted by Crippen LogP contribution is 2.35. The van der Waals surface area contributed by atoms with Gasteiger partial charge in [0.25, 0.3) is 11.8 Å². The fourth-order valence-corrected chi connectivity index (χ4v) is 5.95. The monoisotopic (exact) mass is 453 g/mol. The Morgan fingerprint density at radius 3 is 2.25 bits per heavy atom. The van der Waals surface area contributed by atoms with E-state index in [0.29, 0.717) is 29.7 Å². The number of hydrogen-bond donors (Lipinski definition) is 0. The molecule has 1 fully saturated rings. The Labute approximate surface area is 184 Å². The highest BCUT2D eigenvalue weighted by molar-refractivity contribution is 7.89. The number of aromatic nitrogens is 1. The van der Waals surface area contributed by atoms with E-state index in [9.17, 15) is 22.4 Å². The number of amides is 2. The van der Waals surface area contributed by atoms with Crippen molar-refractivity contribution < 1.29 is 22.4 Å². The van der Waals surface area contributed by atoms with E-state index in [1.54, 1.807) is 13.0 Å². The third-order valence-corrected chi connectivity index (χ3v) is 7.90. The fourth-order valence-electron chi connectivity index (χ4n) is 4.40. The summed E-state index contributed by atoms with van der Waals surface area (Å²) in [6.07, 6.45) is 2.61. The van der Waals surface area contributed by atoms with Gasteiger partial charge in [-0.3, -0.25) is 14.6 Å². The van der Waals surface area contributed by atoms with Crippen LogP contribution in [0.3, 0.4) is 0 Å². The van der Waals surface area contributed by atoms with Crippen LogP contribution in [0.5, 0.6) is 0 Å². The second-order valence-electron chi connectivity index (χ2n) is 8.01. The normalized spacial score (nSPS) is 17.2. The first kappa shape index (κ1) is 20.7. The number of piperidine rings is 1. The van der Waals surface area contributed by atoms with E-state index in [4.69, 9.17) is 0 Å². The summed E-state index contributed by atoms with van der Waals surface area (Å²) in [5.74, 6) is -1.63. The standard InChI is InChI=1S/C23H20FN3O4S/c1-14-20-21(23(29)27(22(20)28)16-7-5-15(24)6-8-16)18-13-17(9-10-19(18)25-14)32(30,31)26-11-3-2-4-12-26/h5-10,13H,2-4,11-12H2,1H3. The van der Waals surface area contributed by atoms with Crippen LogP contribution in [0.2, 0.25) is 0 Å². The molecule has 3 aromatic rings. The summed E-state index contributed by atoms with van der Waals surface area (Å²) >= 11 is 0. The number of nitrogens with zero attached hydrogens (tertiary/aromatic N) is 3. The molecule has 2 amide bonds. The Morgan fingerprint density at radius 2 is 1.56 bits per heavy atom. The van der Waals surface area contributed by atoms with Crippen molar-refractivity contribution in [2.24, 2.45) is 0 Å². The van der Waals surface area contributed by atoms with E-state index in [-0.39, 0.29) is 21.7 Å². The van der Waals surface area contributed by atoms with Gasteiger partial charge < -0.3 is 0 Å². The molecule has 3 heterocycles. The molecule has 0 atom stereocenters. The minimum Gasteiger partial charge on any atom is -0.268 e. The van der Waals surface area contributed by atoms with Crippen LogP contribution in [-0.4, -0.2) is 42.6 Å². The molecule has 0 aliphatic carbocycles. The molecule has 2 aliphatic rings. The van der Waals surface area contributed by atoms with Crippen LogP contribution in [-0.2, 0) is 10.0 Å². The fraction of sp³-hybridized carbons (Fsp3) is 0.261. The number of fused-ring (bicyclic) bond motifs is 3. The number of carbonyl (C=O) groups is 2. The van der Waals surface area contributed by atoms with Gasteiger partial charge in [-0.05, 0) is 62.2 Å². The van der Waals surface area contributed by atoms with Crippen LogP contribution in [0.15, 0.2) is 47.4 Å². The van der Waals surface area contributed by atoms with Gasteiger partial charge in [-0.15, -0.1) is 0 Å². The van der Waals surface area contributed by atoms with E-state index < -0.39 is 27.7 Å². The summed E-state index contributed by atoms with van der Waals surface area (Å²) in [6, 6.07) is 9.55. The van der Waals surface area contributed by atoms with Crippen molar-refractivity contribution in [3.63, 3.8) is 0 Å². The van der Waals surface area contributed by atoms with Crippen molar-refractivity contribution in [1.29, 1.82) is 0 Å². The number of halogens is 1. The number of benzene rings is 2. The van der Waals surface area contributed by atoms with Gasteiger partial charge in [0.1, 0.15) is 5.82 Å². The van der Waals surface area contributed by atoms with E-state index in [2.05, 4.69) is 4.98 Å². The van der Waals surface area contributed by atoms with Gasteiger partial charge >= 0.3 is 0 Å². The Kier molecular flexibility index (Phi) is 4.83. The topological polar surface area (TPSA) is 87.7 Å². The second kappa shape index (κ2) is 7.46. The van der Waals surface area contributed by atoms with E-state index in [0.717, 1.165) is 24.2 Å². The molecular formula is C23H20FN3O4S.